The first-order valence-corrected chi connectivity index (χ1v) is 8.02. The molecule has 0 saturated heterocycles. The molecular formula is C18H22F3NO3. The minimum Gasteiger partial charge on any atom is -0.497 e. The highest BCUT2D eigenvalue weighted by atomic mass is 19.4. The van der Waals surface area contributed by atoms with Gasteiger partial charge >= 0.3 is 6.18 Å². The van der Waals surface area contributed by atoms with Gasteiger partial charge < -0.3 is 14.4 Å². The summed E-state index contributed by atoms with van der Waals surface area (Å²) in [6, 6.07) is 4.58. The third kappa shape index (κ3) is 5.41. The number of ether oxygens (including phenoxy) is 2. The van der Waals surface area contributed by atoms with Crippen LogP contribution < -0.4 is 9.47 Å². The maximum absolute atomic E-state index is 12.8. The average molecular weight is 357 g/mol. The van der Waals surface area contributed by atoms with E-state index >= 15 is 0 Å². The van der Waals surface area contributed by atoms with Gasteiger partial charge in [-0.05, 0) is 43.9 Å². The largest absolute Gasteiger partial charge is 0.497 e. The summed E-state index contributed by atoms with van der Waals surface area (Å²) in [5, 5.41) is 0. The van der Waals surface area contributed by atoms with Crippen molar-refractivity contribution in [2.45, 2.75) is 32.0 Å². The van der Waals surface area contributed by atoms with E-state index in [0.29, 0.717) is 17.1 Å². The van der Waals surface area contributed by atoms with E-state index in [0.717, 1.165) is 23.8 Å². The van der Waals surface area contributed by atoms with Crippen LogP contribution in [0.5, 0.6) is 11.5 Å². The fourth-order valence-corrected chi connectivity index (χ4v) is 2.66. The van der Waals surface area contributed by atoms with Gasteiger partial charge in [-0.2, -0.15) is 13.2 Å². The lowest BCUT2D eigenvalue weighted by Crippen LogP contribution is -2.44. The molecule has 0 aliphatic heterocycles. The van der Waals surface area contributed by atoms with Gasteiger partial charge in [-0.15, -0.1) is 0 Å². The van der Waals surface area contributed by atoms with Crippen molar-refractivity contribution in [3.8, 4) is 11.5 Å². The standard InChI is InChI=1S/C18H22F3NO3/c1-12(13-4-5-13)22(11-18(19,20)21)17(23)9-7-14-6-8-15(24-2)10-16(14)25-3/h6-10,12-13H,4-5,11H2,1-3H3/b9-7+. The number of methoxy groups -OCH3 is 2. The monoisotopic (exact) mass is 357 g/mol. The lowest BCUT2D eigenvalue weighted by Gasteiger charge is -2.29. The summed E-state index contributed by atoms with van der Waals surface area (Å²) in [5.74, 6) is 0.548. The number of amides is 1. The number of hydrogen-bond donors (Lipinski definition) is 0. The Hall–Kier alpha value is -2.18. The van der Waals surface area contributed by atoms with Gasteiger partial charge in [0.2, 0.25) is 5.91 Å². The number of rotatable bonds is 7. The first-order valence-electron chi connectivity index (χ1n) is 8.02. The van der Waals surface area contributed by atoms with E-state index in [9.17, 15) is 18.0 Å². The molecule has 7 heteroatoms. The third-order valence-corrected chi connectivity index (χ3v) is 4.27. The molecule has 4 nitrogen and oxygen atoms in total. The first kappa shape index (κ1) is 19.1. The van der Waals surface area contributed by atoms with Gasteiger partial charge in [0, 0.05) is 23.7 Å². The van der Waals surface area contributed by atoms with Crippen molar-refractivity contribution in [1.82, 2.24) is 4.90 Å². The highest BCUT2D eigenvalue weighted by Gasteiger charge is 2.39. The van der Waals surface area contributed by atoms with Gasteiger partial charge in [-0.1, -0.05) is 0 Å². The lowest BCUT2D eigenvalue weighted by atomic mass is 10.1. The molecule has 1 atom stereocenters. The second kappa shape index (κ2) is 7.80. The van der Waals surface area contributed by atoms with E-state index in [2.05, 4.69) is 0 Å². The van der Waals surface area contributed by atoms with Crippen molar-refractivity contribution >= 4 is 12.0 Å². The third-order valence-electron chi connectivity index (χ3n) is 4.27. The van der Waals surface area contributed by atoms with Gasteiger partial charge in [0.25, 0.3) is 0 Å². The maximum Gasteiger partial charge on any atom is 0.406 e. The number of nitrogens with zero attached hydrogens (tertiary/aromatic N) is 1. The quantitative estimate of drug-likeness (QED) is 0.695. The van der Waals surface area contributed by atoms with Crippen LogP contribution in [0.2, 0.25) is 0 Å². The van der Waals surface area contributed by atoms with E-state index in [4.69, 9.17) is 9.47 Å². The number of alkyl halides is 3. The molecule has 1 aliphatic carbocycles. The Morgan fingerprint density at radius 2 is 2.00 bits per heavy atom. The molecule has 0 aromatic heterocycles. The molecule has 0 bridgehead atoms. The van der Waals surface area contributed by atoms with Crippen LogP contribution in [0.4, 0.5) is 13.2 Å². The van der Waals surface area contributed by atoms with Gasteiger partial charge in [-0.3, -0.25) is 4.79 Å². The van der Waals surface area contributed by atoms with E-state index < -0.39 is 24.7 Å². The molecule has 0 spiro atoms. The summed E-state index contributed by atoms with van der Waals surface area (Å²) in [4.78, 5) is 13.3. The van der Waals surface area contributed by atoms with Crippen molar-refractivity contribution in [3.63, 3.8) is 0 Å². The van der Waals surface area contributed by atoms with Crippen LogP contribution in [0.15, 0.2) is 24.3 Å². The Bertz CT molecular complexity index is 639. The molecule has 1 unspecified atom stereocenters. The van der Waals surface area contributed by atoms with Crippen molar-refractivity contribution < 1.29 is 27.4 Å². The number of carbonyl (C=O) groups excluding carboxylic acids is 1. The first-order chi connectivity index (χ1) is 11.7. The van der Waals surface area contributed by atoms with Gasteiger partial charge in [-0.25, -0.2) is 0 Å². The molecule has 1 saturated carbocycles. The lowest BCUT2D eigenvalue weighted by molar-refractivity contribution is -0.162. The SMILES string of the molecule is COc1ccc(/C=C/C(=O)N(CC(F)(F)F)C(C)C2CC2)c(OC)c1. The van der Waals surface area contributed by atoms with Crippen molar-refractivity contribution in [3.05, 3.63) is 29.8 Å². The summed E-state index contributed by atoms with van der Waals surface area (Å²) in [7, 11) is 2.99. The zero-order chi connectivity index (χ0) is 18.6. The van der Waals surface area contributed by atoms with Crippen LogP contribution >= 0.6 is 0 Å². The molecule has 0 N–H and O–H groups in total. The highest BCUT2D eigenvalue weighted by Crippen LogP contribution is 2.36. The normalized spacial score (nSPS) is 15.9. The fourth-order valence-electron chi connectivity index (χ4n) is 2.66. The summed E-state index contributed by atoms with van der Waals surface area (Å²) >= 11 is 0. The number of carbonyl (C=O) groups is 1. The van der Waals surface area contributed by atoms with E-state index in [-0.39, 0.29) is 5.92 Å². The molecule has 25 heavy (non-hydrogen) atoms. The van der Waals surface area contributed by atoms with Crippen LogP contribution in [0.3, 0.4) is 0 Å². The minimum atomic E-state index is -4.43. The second-order valence-corrected chi connectivity index (χ2v) is 6.10. The van der Waals surface area contributed by atoms with E-state index in [1.54, 1.807) is 25.1 Å². The van der Waals surface area contributed by atoms with Gasteiger partial charge in [0.15, 0.2) is 0 Å². The summed E-state index contributed by atoms with van der Waals surface area (Å²) in [6.45, 7) is 0.427. The Morgan fingerprint density at radius 1 is 1.32 bits per heavy atom. The molecule has 0 heterocycles. The molecule has 1 amide bonds. The maximum atomic E-state index is 12.8. The van der Waals surface area contributed by atoms with Crippen molar-refractivity contribution in [2.24, 2.45) is 5.92 Å². The Morgan fingerprint density at radius 3 is 2.52 bits per heavy atom. The topological polar surface area (TPSA) is 38.8 Å². The Kier molecular flexibility index (Phi) is 5.98. The van der Waals surface area contributed by atoms with Crippen LogP contribution in [0.25, 0.3) is 6.08 Å². The number of halogens is 3. The molecular weight excluding hydrogens is 335 g/mol. The Labute approximate surface area is 145 Å². The van der Waals surface area contributed by atoms with Crippen molar-refractivity contribution in [1.29, 1.82) is 0 Å². The average Bonchev–Trinajstić information content (AvgIpc) is 3.41. The molecule has 1 aromatic rings. The number of hydrogen-bond acceptors (Lipinski definition) is 3. The highest BCUT2D eigenvalue weighted by molar-refractivity contribution is 5.92. The van der Waals surface area contributed by atoms with Gasteiger partial charge in [0.1, 0.15) is 18.0 Å². The molecule has 1 fully saturated rings. The minimum absolute atomic E-state index is 0.148. The number of benzene rings is 1. The smallest absolute Gasteiger partial charge is 0.406 e. The molecule has 138 valence electrons. The van der Waals surface area contributed by atoms with E-state index in [1.807, 2.05) is 0 Å². The zero-order valence-electron chi connectivity index (χ0n) is 14.5. The summed E-state index contributed by atoms with van der Waals surface area (Å²) in [5.41, 5.74) is 0.586. The molecule has 0 radical (unpaired) electrons. The predicted octanol–water partition coefficient (Wildman–Crippen LogP) is 3.91. The second-order valence-electron chi connectivity index (χ2n) is 6.10. The predicted molar refractivity (Wildman–Crippen MR) is 88.5 cm³/mol. The van der Waals surface area contributed by atoms with Crippen LogP contribution in [-0.4, -0.2) is 43.8 Å². The van der Waals surface area contributed by atoms with Gasteiger partial charge in [0.05, 0.1) is 14.2 Å². The Balaban J connectivity index is 2.17. The fraction of sp³-hybridized carbons (Fsp3) is 0.500. The molecule has 1 aliphatic rings. The van der Waals surface area contributed by atoms with Crippen LogP contribution in [0.1, 0.15) is 25.3 Å². The summed E-state index contributed by atoms with van der Waals surface area (Å²) in [6.07, 6.45) is -0.0827. The van der Waals surface area contributed by atoms with E-state index in [1.165, 1.54) is 20.3 Å². The van der Waals surface area contributed by atoms with Crippen molar-refractivity contribution in [2.75, 3.05) is 20.8 Å². The molecule has 2 rings (SSSR count). The zero-order valence-corrected chi connectivity index (χ0v) is 14.5. The molecule has 1 aromatic carbocycles. The van der Waals surface area contributed by atoms with Crippen LogP contribution in [0, 0.1) is 5.92 Å². The van der Waals surface area contributed by atoms with Crippen LogP contribution in [-0.2, 0) is 4.79 Å². The summed E-state index contributed by atoms with van der Waals surface area (Å²) < 4.78 is 48.8.